The third kappa shape index (κ3) is 2.24. The molecular weight excluding hydrogens is 192 g/mol. The van der Waals surface area contributed by atoms with E-state index in [1.165, 1.54) is 0 Å². The van der Waals surface area contributed by atoms with E-state index in [1.54, 1.807) is 19.3 Å². The lowest BCUT2D eigenvalue weighted by Gasteiger charge is -2.05. The number of anilines is 1. The predicted molar refractivity (Wildman–Crippen MR) is 57.6 cm³/mol. The van der Waals surface area contributed by atoms with Gasteiger partial charge in [0.15, 0.2) is 0 Å². The van der Waals surface area contributed by atoms with Crippen LogP contribution in [0.5, 0.6) is 0 Å². The second kappa shape index (κ2) is 3.86. The van der Waals surface area contributed by atoms with E-state index in [0.717, 1.165) is 12.1 Å². The Balaban J connectivity index is 2.08. The van der Waals surface area contributed by atoms with Crippen LogP contribution >= 0.6 is 0 Å². The van der Waals surface area contributed by atoms with Gasteiger partial charge in [-0.3, -0.25) is 9.78 Å². The predicted octanol–water partition coefficient (Wildman–Crippen LogP) is -0.0473. The van der Waals surface area contributed by atoms with E-state index in [0.29, 0.717) is 11.7 Å². The van der Waals surface area contributed by atoms with Gasteiger partial charge in [-0.2, -0.15) is 0 Å². The summed E-state index contributed by atoms with van der Waals surface area (Å²) in [5, 5.41) is 5.77. The highest BCUT2D eigenvalue weighted by atomic mass is 16.1. The fourth-order valence-electron chi connectivity index (χ4n) is 1.37. The fraction of sp³-hybridized carbons (Fsp3) is 0.400. The minimum absolute atomic E-state index is 0.182. The van der Waals surface area contributed by atoms with Gasteiger partial charge in [0, 0.05) is 31.0 Å². The van der Waals surface area contributed by atoms with Gasteiger partial charge in [0.05, 0.1) is 0 Å². The SMILES string of the molecule is CNC(=O)c1cc(NC2CC2N)ccn1. The lowest BCUT2D eigenvalue weighted by molar-refractivity contribution is 0.0958. The summed E-state index contributed by atoms with van der Waals surface area (Å²) in [6.45, 7) is 0. The van der Waals surface area contributed by atoms with Gasteiger partial charge in [-0.1, -0.05) is 0 Å². The Morgan fingerprint density at radius 3 is 3.00 bits per heavy atom. The molecule has 5 heteroatoms. The number of rotatable bonds is 3. The summed E-state index contributed by atoms with van der Waals surface area (Å²) in [4.78, 5) is 15.3. The molecule has 2 atom stereocenters. The Labute approximate surface area is 88.1 Å². The quantitative estimate of drug-likeness (QED) is 0.648. The van der Waals surface area contributed by atoms with Crippen molar-refractivity contribution in [3.63, 3.8) is 0 Å². The Morgan fingerprint density at radius 2 is 2.40 bits per heavy atom. The maximum absolute atomic E-state index is 11.3. The number of amides is 1. The fourth-order valence-corrected chi connectivity index (χ4v) is 1.37. The van der Waals surface area contributed by atoms with Crippen molar-refractivity contribution in [2.75, 3.05) is 12.4 Å². The van der Waals surface area contributed by atoms with Gasteiger partial charge in [-0.25, -0.2) is 0 Å². The first-order valence-corrected chi connectivity index (χ1v) is 4.91. The number of hydrogen-bond donors (Lipinski definition) is 3. The van der Waals surface area contributed by atoms with Crippen molar-refractivity contribution in [1.29, 1.82) is 0 Å². The van der Waals surface area contributed by atoms with E-state index in [-0.39, 0.29) is 11.9 Å². The van der Waals surface area contributed by atoms with Crippen LogP contribution in [0.2, 0.25) is 0 Å². The van der Waals surface area contributed by atoms with Crippen molar-refractivity contribution in [2.45, 2.75) is 18.5 Å². The molecule has 1 fully saturated rings. The number of hydrogen-bond acceptors (Lipinski definition) is 4. The molecule has 1 aromatic heterocycles. The largest absolute Gasteiger partial charge is 0.381 e. The van der Waals surface area contributed by atoms with Crippen molar-refractivity contribution >= 4 is 11.6 Å². The zero-order chi connectivity index (χ0) is 10.8. The van der Waals surface area contributed by atoms with Crippen LogP contribution in [0.25, 0.3) is 0 Å². The first-order chi connectivity index (χ1) is 7.20. The van der Waals surface area contributed by atoms with Crippen LogP contribution in [0.15, 0.2) is 18.3 Å². The van der Waals surface area contributed by atoms with Crippen LogP contribution in [0, 0.1) is 0 Å². The minimum atomic E-state index is -0.182. The summed E-state index contributed by atoms with van der Waals surface area (Å²) in [5.41, 5.74) is 6.98. The van der Waals surface area contributed by atoms with Crippen LogP contribution in [0.3, 0.4) is 0 Å². The molecular formula is C10H14N4O. The molecule has 2 unspecified atom stereocenters. The monoisotopic (exact) mass is 206 g/mol. The average Bonchev–Trinajstić information content (AvgIpc) is 2.93. The zero-order valence-corrected chi connectivity index (χ0v) is 8.53. The molecule has 15 heavy (non-hydrogen) atoms. The maximum atomic E-state index is 11.3. The number of nitrogens with one attached hydrogen (secondary N) is 2. The van der Waals surface area contributed by atoms with E-state index in [1.807, 2.05) is 6.07 Å². The Morgan fingerprint density at radius 1 is 1.67 bits per heavy atom. The van der Waals surface area contributed by atoms with Gasteiger partial charge in [0.1, 0.15) is 5.69 Å². The third-order valence-corrected chi connectivity index (χ3v) is 2.41. The first kappa shape index (κ1) is 9.92. The molecule has 5 nitrogen and oxygen atoms in total. The second-order valence-electron chi connectivity index (χ2n) is 3.66. The molecule has 80 valence electrons. The van der Waals surface area contributed by atoms with E-state index >= 15 is 0 Å². The van der Waals surface area contributed by atoms with E-state index in [2.05, 4.69) is 15.6 Å². The zero-order valence-electron chi connectivity index (χ0n) is 8.53. The standard InChI is InChI=1S/C10H14N4O/c1-12-10(15)9-4-6(2-3-13-9)14-8-5-7(8)11/h2-4,7-8H,5,11H2,1H3,(H,12,15)(H,13,14). The molecule has 0 aromatic carbocycles. The maximum Gasteiger partial charge on any atom is 0.269 e. The molecule has 1 aliphatic rings. The lowest BCUT2D eigenvalue weighted by Crippen LogP contribution is -2.19. The minimum Gasteiger partial charge on any atom is -0.381 e. The van der Waals surface area contributed by atoms with Crippen molar-refractivity contribution in [1.82, 2.24) is 10.3 Å². The third-order valence-electron chi connectivity index (χ3n) is 2.41. The molecule has 4 N–H and O–H groups in total. The summed E-state index contributed by atoms with van der Waals surface area (Å²) in [7, 11) is 1.58. The van der Waals surface area contributed by atoms with Crippen molar-refractivity contribution in [2.24, 2.45) is 5.73 Å². The summed E-state index contributed by atoms with van der Waals surface area (Å²) >= 11 is 0. The summed E-state index contributed by atoms with van der Waals surface area (Å²) < 4.78 is 0. The van der Waals surface area contributed by atoms with Crippen LogP contribution in [-0.4, -0.2) is 30.0 Å². The number of nitrogens with zero attached hydrogens (tertiary/aromatic N) is 1. The van der Waals surface area contributed by atoms with E-state index < -0.39 is 0 Å². The van der Waals surface area contributed by atoms with E-state index in [4.69, 9.17) is 5.73 Å². The molecule has 0 saturated heterocycles. The summed E-state index contributed by atoms with van der Waals surface area (Å²) in [5.74, 6) is -0.182. The number of pyridine rings is 1. The molecule has 0 aliphatic heterocycles. The van der Waals surface area contributed by atoms with Crippen LogP contribution < -0.4 is 16.4 Å². The smallest absolute Gasteiger partial charge is 0.269 e. The highest BCUT2D eigenvalue weighted by Gasteiger charge is 2.33. The molecule has 0 spiro atoms. The Hall–Kier alpha value is -1.62. The lowest BCUT2D eigenvalue weighted by atomic mass is 10.3. The number of carbonyl (C=O) groups is 1. The molecule has 1 aliphatic carbocycles. The molecule has 1 amide bonds. The molecule has 1 saturated carbocycles. The number of aromatic nitrogens is 1. The van der Waals surface area contributed by atoms with Crippen molar-refractivity contribution < 1.29 is 4.79 Å². The second-order valence-corrected chi connectivity index (χ2v) is 3.66. The Kier molecular flexibility index (Phi) is 2.55. The molecule has 0 bridgehead atoms. The van der Waals surface area contributed by atoms with Gasteiger partial charge in [0.25, 0.3) is 5.91 Å². The summed E-state index contributed by atoms with van der Waals surface area (Å²) in [6, 6.07) is 4.13. The van der Waals surface area contributed by atoms with Gasteiger partial charge >= 0.3 is 0 Å². The van der Waals surface area contributed by atoms with Crippen molar-refractivity contribution in [3.8, 4) is 0 Å². The van der Waals surface area contributed by atoms with Gasteiger partial charge in [0.2, 0.25) is 0 Å². The van der Waals surface area contributed by atoms with Crippen LogP contribution in [-0.2, 0) is 0 Å². The average molecular weight is 206 g/mol. The molecule has 1 aromatic rings. The van der Waals surface area contributed by atoms with Crippen molar-refractivity contribution in [3.05, 3.63) is 24.0 Å². The number of nitrogens with two attached hydrogens (primary N) is 1. The highest BCUT2D eigenvalue weighted by Crippen LogP contribution is 2.23. The van der Waals surface area contributed by atoms with Crippen LogP contribution in [0.1, 0.15) is 16.9 Å². The molecule has 0 radical (unpaired) electrons. The molecule has 2 rings (SSSR count). The highest BCUT2D eigenvalue weighted by molar-refractivity contribution is 5.92. The topological polar surface area (TPSA) is 80.0 Å². The first-order valence-electron chi connectivity index (χ1n) is 4.91. The molecule has 1 heterocycles. The Bertz CT molecular complexity index is 379. The van der Waals surface area contributed by atoms with Gasteiger partial charge in [-0.15, -0.1) is 0 Å². The van der Waals surface area contributed by atoms with Gasteiger partial charge in [-0.05, 0) is 18.6 Å². The van der Waals surface area contributed by atoms with Crippen LogP contribution in [0.4, 0.5) is 5.69 Å². The van der Waals surface area contributed by atoms with Gasteiger partial charge < -0.3 is 16.4 Å². The summed E-state index contributed by atoms with van der Waals surface area (Å²) in [6.07, 6.45) is 2.60. The van der Waals surface area contributed by atoms with E-state index in [9.17, 15) is 4.79 Å². The number of carbonyl (C=O) groups excluding carboxylic acids is 1. The normalized spacial score (nSPS) is 23.3.